The van der Waals surface area contributed by atoms with Crippen molar-refractivity contribution in [2.24, 2.45) is 0 Å². The number of carbonyl (C=O) groups is 1. The molecule has 0 spiro atoms. The zero-order valence-electron chi connectivity index (χ0n) is 11.0. The molecule has 1 heterocycles. The molecule has 4 nitrogen and oxygen atoms in total. The number of nitrogen functional groups attached to an aromatic ring is 1. The Balaban J connectivity index is 2.25. The normalized spacial score (nSPS) is 10.6. The number of carbonyl (C=O) groups excluding carboxylic acids is 1. The van der Waals surface area contributed by atoms with Crippen LogP contribution in [0.5, 0.6) is 0 Å². The molecular formula is C13H13F2N3OS. The maximum Gasteiger partial charge on any atom is 0.257 e. The Morgan fingerprint density at radius 2 is 2.15 bits per heavy atom. The minimum absolute atomic E-state index is 0.283. The van der Waals surface area contributed by atoms with E-state index in [1.807, 2.05) is 6.92 Å². The van der Waals surface area contributed by atoms with Crippen molar-refractivity contribution in [1.29, 1.82) is 0 Å². The van der Waals surface area contributed by atoms with Crippen LogP contribution in [0.4, 0.5) is 14.5 Å². The Labute approximate surface area is 118 Å². The number of benzene rings is 1. The van der Waals surface area contributed by atoms with Gasteiger partial charge in [0.05, 0.1) is 29.0 Å². The molecule has 0 bridgehead atoms. The Kier molecular flexibility index (Phi) is 3.99. The highest BCUT2D eigenvalue weighted by molar-refractivity contribution is 7.09. The van der Waals surface area contributed by atoms with Crippen LogP contribution in [0.3, 0.4) is 0 Å². The highest BCUT2D eigenvalue weighted by atomic mass is 32.1. The third-order valence-corrected chi connectivity index (χ3v) is 3.79. The van der Waals surface area contributed by atoms with E-state index in [4.69, 9.17) is 5.73 Å². The fourth-order valence-electron chi connectivity index (χ4n) is 1.74. The maximum atomic E-state index is 13.8. The van der Waals surface area contributed by atoms with Gasteiger partial charge in [-0.3, -0.25) is 4.79 Å². The molecule has 20 heavy (non-hydrogen) atoms. The number of halogens is 2. The van der Waals surface area contributed by atoms with Crippen LogP contribution in [0, 0.1) is 18.6 Å². The summed E-state index contributed by atoms with van der Waals surface area (Å²) in [6.45, 7) is 2.11. The van der Waals surface area contributed by atoms with Crippen LogP contribution >= 0.6 is 11.3 Å². The molecule has 1 aromatic carbocycles. The maximum absolute atomic E-state index is 13.8. The Bertz CT molecular complexity index is 657. The lowest BCUT2D eigenvalue weighted by atomic mass is 10.1. The first-order valence-electron chi connectivity index (χ1n) is 5.79. The van der Waals surface area contributed by atoms with E-state index in [1.54, 1.807) is 5.51 Å². The number of nitrogens with two attached hydrogens (primary N) is 1. The predicted molar refractivity (Wildman–Crippen MR) is 73.4 cm³/mol. The molecule has 0 saturated heterocycles. The monoisotopic (exact) mass is 297 g/mol. The zero-order valence-corrected chi connectivity index (χ0v) is 11.8. The predicted octanol–water partition coefficient (Wildman–Crippen LogP) is 2.58. The van der Waals surface area contributed by atoms with Crippen LogP contribution in [-0.4, -0.2) is 22.8 Å². The smallest absolute Gasteiger partial charge is 0.257 e. The van der Waals surface area contributed by atoms with Gasteiger partial charge in [0.15, 0.2) is 5.82 Å². The highest BCUT2D eigenvalue weighted by Gasteiger charge is 2.20. The van der Waals surface area contributed by atoms with Crippen LogP contribution in [0.2, 0.25) is 0 Å². The number of hydrogen-bond donors (Lipinski definition) is 1. The fourth-order valence-corrected chi connectivity index (χ4v) is 2.57. The molecular weight excluding hydrogens is 284 g/mol. The van der Waals surface area contributed by atoms with Crippen LogP contribution < -0.4 is 5.73 Å². The van der Waals surface area contributed by atoms with E-state index >= 15 is 0 Å². The molecule has 2 aromatic rings. The lowest BCUT2D eigenvalue weighted by Gasteiger charge is -2.17. The molecule has 0 fully saturated rings. The number of anilines is 1. The van der Waals surface area contributed by atoms with Gasteiger partial charge < -0.3 is 10.6 Å². The first kappa shape index (κ1) is 14.4. The molecule has 0 unspecified atom stereocenters. The molecule has 7 heteroatoms. The summed E-state index contributed by atoms with van der Waals surface area (Å²) in [5, 5.41) is 0. The molecule has 0 atom stereocenters. The van der Waals surface area contributed by atoms with Gasteiger partial charge in [0.25, 0.3) is 5.91 Å². The van der Waals surface area contributed by atoms with Crippen molar-refractivity contribution in [3.63, 3.8) is 0 Å². The van der Waals surface area contributed by atoms with E-state index in [-0.39, 0.29) is 17.8 Å². The van der Waals surface area contributed by atoms with Gasteiger partial charge in [0, 0.05) is 11.9 Å². The van der Waals surface area contributed by atoms with E-state index < -0.39 is 17.5 Å². The second kappa shape index (κ2) is 5.54. The molecule has 106 valence electrons. The van der Waals surface area contributed by atoms with E-state index in [2.05, 4.69) is 4.98 Å². The summed E-state index contributed by atoms with van der Waals surface area (Å²) in [7, 11) is 1.52. The summed E-state index contributed by atoms with van der Waals surface area (Å²) in [5.74, 6) is -2.26. The largest absolute Gasteiger partial charge is 0.396 e. The molecule has 1 amide bonds. The molecule has 1 aromatic heterocycles. The highest BCUT2D eigenvalue weighted by Crippen LogP contribution is 2.20. The number of amides is 1. The molecule has 0 saturated carbocycles. The average molecular weight is 297 g/mol. The first-order chi connectivity index (χ1) is 9.40. The number of rotatable bonds is 3. The third-order valence-electron chi connectivity index (χ3n) is 2.87. The summed E-state index contributed by atoms with van der Waals surface area (Å²) in [4.78, 5) is 18.4. The van der Waals surface area contributed by atoms with Gasteiger partial charge in [0.2, 0.25) is 0 Å². The molecule has 2 N–H and O–H groups in total. The standard InChI is InChI=1S/C13H13F2N3OS/c1-7-11(20-6-17-7)5-18(2)13(19)9-3-8(14)4-10(16)12(9)15/h3-4,6H,5,16H2,1-2H3. The van der Waals surface area contributed by atoms with Gasteiger partial charge in [-0.2, -0.15) is 0 Å². The molecule has 0 aliphatic rings. The summed E-state index contributed by atoms with van der Waals surface area (Å²) < 4.78 is 27.0. The molecule has 0 aliphatic carbocycles. The van der Waals surface area contributed by atoms with Gasteiger partial charge in [0.1, 0.15) is 5.82 Å². The summed E-state index contributed by atoms with van der Waals surface area (Å²) in [6, 6.07) is 1.70. The lowest BCUT2D eigenvalue weighted by Crippen LogP contribution is -2.27. The van der Waals surface area contributed by atoms with Crippen LogP contribution in [0.15, 0.2) is 17.6 Å². The van der Waals surface area contributed by atoms with Crippen molar-refractivity contribution < 1.29 is 13.6 Å². The van der Waals surface area contributed by atoms with Crippen LogP contribution in [0.1, 0.15) is 20.9 Å². The van der Waals surface area contributed by atoms with E-state index in [0.29, 0.717) is 0 Å². The summed E-state index contributed by atoms with van der Waals surface area (Å²) in [6.07, 6.45) is 0. The van der Waals surface area contributed by atoms with Gasteiger partial charge in [-0.1, -0.05) is 0 Å². The lowest BCUT2D eigenvalue weighted by molar-refractivity contribution is 0.0781. The quantitative estimate of drug-likeness (QED) is 0.886. The minimum atomic E-state index is -0.899. The topological polar surface area (TPSA) is 59.2 Å². The van der Waals surface area contributed by atoms with Crippen molar-refractivity contribution in [3.05, 3.63) is 45.4 Å². The van der Waals surface area contributed by atoms with Gasteiger partial charge in [-0.05, 0) is 19.1 Å². The zero-order chi connectivity index (χ0) is 14.9. The Morgan fingerprint density at radius 1 is 1.45 bits per heavy atom. The van der Waals surface area contributed by atoms with Crippen molar-refractivity contribution in [2.45, 2.75) is 13.5 Å². The van der Waals surface area contributed by atoms with Crippen molar-refractivity contribution in [1.82, 2.24) is 9.88 Å². The number of aromatic nitrogens is 1. The second-order valence-corrected chi connectivity index (χ2v) is 5.32. The summed E-state index contributed by atoms with van der Waals surface area (Å²) >= 11 is 1.40. The van der Waals surface area contributed by atoms with Crippen LogP contribution in [-0.2, 0) is 6.54 Å². The first-order valence-corrected chi connectivity index (χ1v) is 6.67. The number of hydrogen-bond acceptors (Lipinski definition) is 4. The van der Waals surface area contributed by atoms with E-state index in [9.17, 15) is 13.6 Å². The van der Waals surface area contributed by atoms with Gasteiger partial charge in [-0.15, -0.1) is 11.3 Å². The molecule has 2 rings (SSSR count). The minimum Gasteiger partial charge on any atom is -0.396 e. The van der Waals surface area contributed by atoms with Gasteiger partial charge >= 0.3 is 0 Å². The molecule has 0 radical (unpaired) electrons. The van der Waals surface area contributed by atoms with Gasteiger partial charge in [-0.25, -0.2) is 13.8 Å². The van der Waals surface area contributed by atoms with Crippen molar-refractivity contribution >= 4 is 22.9 Å². The number of aryl methyl sites for hydroxylation is 1. The summed E-state index contributed by atoms with van der Waals surface area (Å²) in [5.41, 5.74) is 7.06. The number of thiazole rings is 1. The van der Waals surface area contributed by atoms with Crippen molar-refractivity contribution in [2.75, 3.05) is 12.8 Å². The third kappa shape index (κ3) is 2.77. The Hall–Kier alpha value is -2.02. The van der Waals surface area contributed by atoms with Crippen molar-refractivity contribution in [3.8, 4) is 0 Å². The average Bonchev–Trinajstić information content (AvgIpc) is 2.78. The Morgan fingerprint density at radius 3 is 2.75 bits per heavy atom. The second-order valence-electron chi connectivity index (χ2n) is 4.38. The SMILES string of the molecule is Cc1ncsc1CN(C)C(=O)c1cc(F)cc(N)c1F. The molecule has 0 aliphatic heterocycles. The van der Waals surface area contributed by atoms with E-state index in [1.165, 1.54) is 23.3 Å². The van der Waals surface area contributed by atoms with E-state index in [0.717, 1.165) is 22.7 Å². The number of nitrogens with zero attached hydrogens (tertiary/aromatic N) is 2. The van der Waals surface area contributed by atoms with Crippen LogP contribution in [0.25, 0.3) is 0 Å². The fraction of sp³-hybridized carbons (Fsp3) is 0.231.